The first-order valence-corrected chi connectivity index (χ1v) is 11.1. The van der Waals surface area contributed by atoms with E-state index in [0.29, 0.717) is 29.6 Å². The minimum absolute atomic E-state index is 0.135. The summed E-state index contributed by atoms with van der Waals surface area (Å²) in [6.45, 7) is 4.53. The number of benzene rings is 1. The molecule has 9 nitrogen and oxygen atoms in total. The number of unbranched alkanes of at least 4 members (excludes halogenated alkanes) is 1. The molecule has 1 aromatic heterocycles. The maximum absolute atomic E-state index is 13.3. The SMILES string of the molecule is COc1ccc2c(c1)C(=O)N(CCCCN1CCN(c3ncc(F)c(N)n3)CC1)C(Cl)=CO2. The highest BCUT2D eigenvalue weighted by Crippen LogP contribution is 2.30. The molecular weight excluding hydrogens is 451 g/mol. The molecule has 2 N–H and O–H groups in total. The van der Waals surface area contributed by atoms with E-state index in [9.17, 15) is 9.18 Å². The quantitative estimate of drug-likeness (QED) is 0.481. The van der Waals surface area contributed by atoms with E-state index >= 15 is 0 Å². The number of hydrogen-bond donors (Lipinski definition) is 1. The minimum Gasteiger partial charge on any atom is -0.497 e. The van der Waals surface area contributed by atoms with Gasteiger partial charge in [0.25, 0.3) is 5.91 Å². The van der Waals surface area contributed by atoms with Gasteiger partial charge in [-0.1, -0.05) is 11.6 Å². The van der Waals surface area contributed by atoms with Crippen LogP contribution in [-0.4, -0.2) is 72.1 Å². The molecule has 0 aliphatic carbocycles. The lowest BCUT2D eigenvalue weighted by Crippen LogP contribution is -2.47. The van der Waals surface area contributed by atoms with E-state index in [-0.39, 0.29) is 16.9 Å². The van der Waals surface area contributed by atoms with Crippen LogP contribution in [0.2, 0.25) is 0 Å². The summed E-state index contributed by atoms with van der Waals surface area (Å²) in [4.78, 5) is 27.0. The number of carbonyl (C=O) groups is 1. The van der Waals surface area contributed by atoms with Crippen LogP contribution in [0.4, 0.5) is 16.2 Å². The molecule has 0 radical (unpaired) electrons. The standard InChI is InChI=1S/C22H26ClFN6O3/c1-32-15-4-5-18-16(12-15)21(31)30(19(23)14-33-18)7-3-2-6-28-8-10-29(11-9-28)22-26-13-17(24)20(25)27-22/h4-5,12-14H,2-3,6-11H2,1H3,(H2,25,26,27). The van der Waals surface area contributed by atoms with Crippen molar-refractivity contribution >= 4 is 29.3 Å². The summed E-state index contributed by atoms with van der Waals surface area (Å²) >= 11 is 6.32. The zero-order chi connectivity index (χ0) is 23.4. The van der Waals surface area contributed by atoms with Gasteiger partial charge in [-0.25, -0.2) is 9.37 Å². The van der Waals surface area contributed by atoms with E-state index in [2.05, 4.69) is 14.9 Å². The van der Waals surface area contributed by atoms with E-state index < -0.39 is 5.82 Å². The largest absolute Gasteiger partial charge is 0.497 e. The van der Waals surface area contributed by atoms with Crippen molar-refractivity contribution in [2.24, 2.45) is 0 Å². The number of nitrogens with zero attached hydrogens (tertiary/aromatic N) is 5. The highest BCUT2D eigenvalue weighted by Gasteiger charge is 2.26. The summed E-state index contributed by atoms with van der Waals surface area (Å²) in [6, 6.07) is 5.09. The molecule has 1 aromatic carbocycles. The number of halogens is 2. The molecule has 0 atom stereocenters. The second-order valence-corrected chi connectivity index (χ2v) is 8.20. The Bertz CT molecular complexity index is 1040. The summed E-state index contributed by atoms with van der Waals surface area (Å²) in [5.41, 5.74) is 5.97. The average Bonchev–Trinajstić information content (AvgIpc) is 2.95. The molecule has 4 rings (SSSR count). The van der Waals surface area contributed by atoms with Gasteiger partial charge >= 0.3 is 0 Å². The number of aromatic nitrogens is 2. The van der Waals surface area contributed by atoms with Gasteiger partial charge in [0.15, 0.2) is 11.6 Å². The third-order valence-electron chi connectivity index (χ3n) is 5.72. The second kappa shape index (κ2) is 10.2. The van der Waals surface area contributed by atoms with Gasteiger partial charge in [-0.3, -0.25) is 14.6 Å². The van der Waals surface area contributed by atoms with Crippen molar-refractivity contribution in [2.45, 2.75) is 12.8 Å². The lowest BCUT2D eigenvalue weighted by atomic mass is 10.1. The third kappa shape index (κ3) is 5.28. The number of ether oxygens (including phenoxy) is 2. The average molecular weight is 477 g/mol. The predicted octanol–water partition coefficient (Wildman–Crippen LogP) is 2.68. The van der Waals surface area contributed by atoms with Crippen molar-refractivity contribution < 1.29 is 18.7 Å². The Morgan fingerprint density at radius 1 is 1.21 bits per heavy atom. The third-order valence-corrected chi connectivity index (χ3v) is 6.02. The molecule has 0 bridgehead atoms. The summed E-state index contributed by atoms with van der Waals surface area (Å²) in [5, 5.41) is 0.252. The first kappa shape index (κ1) is 23.1. The number of hydrogen-bond acceptors (Lipinski definition) is 8. The van der Waals surface area contributed by atoms with Gasteiger partial charge in [0, 0.05) is 32.7 Å². The van der Waals surface area contributed by atoms with Crippen LogP contribution in [-0.2, 0) is 0 Å². The number of nitrogens with two attached hydrogens (primary N) is 1. The van der Waals surface area contributed by atoms with Crippen LogP contribution in [0.5, 0.6) is 11.5 Å². The maximum Gasteiger partial charge on any atom is 0.262 e. The van der Waals surface area contributed by atoms with Crippen molar-refractivity contribution in [2.75, 3.05) is 57.0 Å². The molecule has 11 heteroatoms. The van der Waals surface area contributed by atoms with Gasteiger partial charge in [0.05, 0.1) is 18.9 Å². The molecular formula is C22H26ClFN6O3. The highest BCUT2D eigenvalue weighted by atomic mass is 35.5. The fourth-order valence-corrected chi connectivity index (χ4v) is 4.04. The molecule has 1 fully saturated rings. The van der Waals surface area contributed by atoms with Gasteiger partial charge in [-0.2, -0.15) is 4.98 Å². The Kier molecular flexibility index (Phi) is 7.14. The van der Waals surface area contributed by atoms with Gasteiger partial charge in [-0.05, 0) is 37.6 Å². The van der Waals surface area contributed by atoms with Crippen molar-refractivity contribution in [3.05, 3.63) is 47.2 Å². The molecule has 176 valence electrons. The first-order valence-electron chi connectivity index (χ1n) is 10.7. The Morgan fingerprint density at radius 2 is 1.97 bits per heavy atom. The van der Waals surface area contributed by atoms with Crippen LogP contribution >= 0.6 is 11.6 Å². The number of fused-ring (bicyclic) bond motifs is 1. The topological polar surface area (TPSA) is 97.1 Å². The summed E-state index contributed by atoms with van der Waals surface area (Å²) in [7, 11) is 1.55. The number of carbonyl (C=O) groups excluding carboxylic acids is 1. The number of amides is 1. The fourth-order valence-electron chi connectivity index (χ4n) is 3.83. The molecule has 0 spiro atoms. The number of anilines is 2. The van der Waals surface area contributed by atoms with Crippen molar-refractivity contribution in [3.63, 3.8) is 0 Å². The normalized spacial score (nSPS) is 16.7. The Morgan fingerprint density at radius 3 is 2.70 bits per heavy atom. The van der Waals surface area contributed by atoms with E-state index in [1.165, 1.54) is 11.2 Å². The minimum atomic E-state index is -0.607. The predicted molar refractivity (Wildman–Crippen MR) is 123 cm³/mol. The zero-order valence-electron chi connectivity index (χ0n) is 18.3. The van der Waals surface area contributed by atoms with Gasteiger partial charge < -0.3 is 20.1 Å². The monoisotopic (exact) mass is 476 g/mol. The molecule has 2 aliphatic rings. The summed E-state index contributed by atoms with van der Waals surface area (Å²) in [5.74, 6) is 0.528. The first-order chi connectivity index (χ1) is 16.0. The van der Waals surface area contributed by atoms with Crippen LogP contribution in [0, 0.1) is 5.82 Å². The smallest absolute Gasteiger partial charge is 0.262 e. The Hall–Kier alpha value is -3.11. The van der Waals surface area contributed by atoms with Crippen molar-refractivity contribution in [3.8, 4) is 11.5 Å². The Balaban J connectivity index is 1.26. The summed E-state index contributed by atoms with van der Waals surface area (Å²) in [6.07, 6.45) is 4.18. The number of rotatable bonds is 7. The number of nitrogen functional groups attached to an aromatic ring is 1. The molecule has 2 aromatic rings. The van der Waals surface area contributed by atoms with Crippen molar-refractivity contribution in [1.29, 1.82) is 0 Å². The summed E-state index contributed by atoms with van der Waals surface area (Å²) < 4.78 is 24.1. The van der Waals surface area contributed by atoms with E-state index in [0.717, 1.165) is 51.8 Å². The fraction of sp³-hybridized carbons (Fsp3) is 0.409. The van der Waals surface area contributed by atoms with Crippen LogP contribution < -0.4 is 20.1 Å². The van der Waals surface area contributed by atoms with Crippen LogP contribution in [0.25, 0.3) is 0 Å². The van der Waals surface area contributed by atoms with Gasteiger partial charge in [-0.15, -0.1) is 0 Å². The molecule has 33 heavy (non-hydrogen) atoms. The molecule has 0 saturated carbocycles. The molecule has 1 amide bonds. The van der Waals surface area contributed by atoms with Gasteiger partial charge in [0.2, 0.25) is 5.95 Å². The number of piperazine rings is 1. The zero-order valence-corrected chi connectivity index (χ0v) is 19.1. The molecule has 3 heterocycles. The molecule has 2 aliphatic heterocycles. The highest BCUT2D eigenvalue weighted by molar-refractivity contribution is 6.30. The van der Waals surface area contributed by atoms with Crippen LogP contribution in [0.15, 0.2) is 35.8 Å². The van der Waals surface area contributed by atoms with E-state index in [1.54, 1.807) is 25.3 Å². The Labute approximate surface area is 196 Å². The lowest BCUT2D eigenvalue weighted by Gasteiger charge is -2.34. The van der Waals surface area contributed by atoms with E-state index in [4.69, 9.17) is 26.8 Å². The van der Waals surface area contributed by atoms with Gasteiger partial charge in [0.1, 0.15) is 22.9 Å². The number of methoxy groups -OCH3 is 1. The maximum atomic E-state index is 13.3. The van der Waals surface area contributed by atoms with Crippen molar-refractivity contribution in [1.82, 2.24) is 19.8 Å². The second-order valence-electron chi connectivity index (χ2n) is 7.82. The van der Waals surface area contributed by atoms with Crippen LogP contribution in [0.1, 0.15) is 23.2 Å². The van der Waals surface area contributed by atoms with Crippen LogP contribution in [0.3, 0.4) is 0 Å². The lowest BCUT2D eigenvalue weighted by molar-refractivity contribution is 0.0814. The van der Waals surface area contributed by atoms with E-state index in [1.807, 2.05) is 4.90 Å². The molecule has 0 unspecified atom stereocenters. The molecule has 1 saturated heterocycles.